The maximum atomic E-state index is 12.9. The molecule has 8 heteroatoms. The van der Waals surface area contributed by atoms with Crippen LogP contribution in [0.5, 0.6) is 11.5 Å². The van der Waals surface area contributed by atoms with Crippen molar-refractivity contribution in [2.75, 3.05) is 26.3 Å². The summed E-state index contributed by atoms with van der Waals surface area (Å²) in [4.78, 5) is 26.2. The van der Waals surface area contributed by atoms with Gasteiger partial charge in [-0.25, -0.2) is 4.39 Å². The van der Waals surface area contributed by atoms with Crippen molar-refractivity contribution in [2.24, 2.45) is 0 Å². The van der Waals surface area contributed by atoms with Gasteiger partial charge in [-0.1, -0.05) is 24.3 Å². The number of fused-ring (bicyclic) bond motifs is 1. The Balaban J connectivity index is 1.57. The topological polar surface area (TPSA) is 88.1 Å². The Morgan fingerprint density at radius 1 is 1.14 bits per heavy atom. The van der Waals surface area contributed by atoms with E-state index in [0.29, 0.717) is 11.5 Å². The third-order valence-corrected chi connectivity index (χ3v) is 4.20. The molecule has 2 aromatic rings. The molecule has 0 saturated heterocycles. The Kier molecular flexibility index (Phi) is 6.44. The Labute approximate surface area is 161 Å². The van der Waals surface area contributed by atoms with Gasteiger partial charge in [0, 0.05) is 13.1 Å². The van der Waals surface area contributed by atoms with Gasteiger partial charge in [-0.3, -0.25) is 9.59 Å². The third-order valence-electron chi connectivity index (χ3n) is 4.20. The first kappa shape index (κ1) is 19.6. The van der Waals surface area contributed by atoms with E-state index in [4.69, 9.17) is 9.47 Å². The molecule has 7 nitrogen and oxygen atoms in total. The van der Waals surface area contributed by atoms with Crippen LogP contribution in [0.3, 0.4) is 0 Å². The van der Waals surface area contributed by atoms with Crippen molar-refractivity contribution in [3.63, 3.8) is 0 Å². The van der Waals surface area contributed by atoms with Crippen molar-refractivity contribution in [1.82, 2.24) is 10.2 Å². The molecule has 2 amide bonds. The number of hydrogen-bond donors (Lipinski definition) is 2. The summed E-state index contributed by atoms with van der Waals surface area (Å²) in [5.41, 5.74) is 0.732. The fourth-order valence-corrected chi connectivity index (χ4v) is 2.76. The van der Waals surface area contributed by atoms with Crippen LogP contribution in [0.4, 0.5) is 4.39 Å². The zero-order chi connectivity index (χ0) is 19.9. The molecule has 0 fully saturated rings. The van der Waals surface area contributed by atoms with E-state index in [0.717, 1.165) is 5.56 Å². The standard InChI is InChI=1S/C20H21FN2O5/c21-15-7-5-14(6-8-15)11-22-19(25)12-23(9-10-24)20(26)18-13-27-16-3-1-2-4-17(16)28-18/h1-8,18,24H,9-13H2,(H,22,25). The molecular weight excluding hydrogens is 367 g/mol. The van der Waals surface area contributed by atoms with Gasteiger partial charge in [0.1, 0.15) is 12.4 Å². The molecule has 0 radical (unpaired) electrons. The molecule has 0 saturated carbocycles. The zero-order valence-corrected chi connectivity index (χ0v) is 15.1. The maximum Gasteiger partial charge on any atom is 0.267 e. The van der Waals surface area contributed by atoms with Gasteiger partial charge in [0.05, 0.1) is 13.2 Å². The van der Waals surface area contributed by atoms with Crippen molar-refractivity contribution in [3.8, 4) is 11.5 Å². The molecule has 1 unspecified atom stereocenters. The lowest BCUT2D eigenvalue weighted by molar-refractivity contribution is -0.144. The van der Waals surface area contributed by atoms with Gasteiger partial charge < -0.3 is 24.8 Å². The van der Waals surface area contributed by atoms with E-state index in [9.17, 15) is 19.1 Å². The number of aliphatic hydroxyl groups is 1. The van der Waals surface area contributed by atoms with Gasteiger partial charge in [-0.15, -0.1) is 0 Å². The molecule has 0 bridgehead atoms. The lowest BCUT2D eigenvalue weighted by atomic mass is 10.2. The Hall–Kier alpha value is -3.13. The quantitative estimate of drug-likeness (QED) is 0.742. The average Bonchev–Trinajstić information content (AvgIpc) is 2.72. The van der Waals surface area contributed by atoms with Crippen molar-refractivity contribution < 1.29 is 28.6 Å². The smallest absolute Gasteiger partial charge is 0.267 e. The van der Waals surface area contributed by atoms with E-state index in [-0.39, 0.29) is 38.7 Å². The number of rotatable bonds is 7. The second kappa shape index (κ2) is 9.18. The lowest BCUT2D eigenvalue weighted by Gasteiger charge is -2.30. The highest BCUT2D eigenvalue weighted by atomic mass is 19.1. The van der Waals surface area contributed by atoms with Crippen molar-refractivity contribution in [1.29, 1.82) is 0 Å². The molecule has 2 aromatic carbocycles. The highest BCUT2D eigenvalue weighted by Gasteiger charge is 2.31. The molecule has 28 heavy (non-hydrogen) atoms. The largest absolute Gasteiger partial charge is 0.485 e. The number of hydrogen-bond acceptors (Lipinski definition) is 5. The van der Waals surface area contributed by atoms with Gasteiger partial charge in [0.25, 0.3) is 5.91 Å². The van der Waals surface area contributed by atoms with Gasteiger partial charge in [0.15, 0.2) is 11.5 Å². The van der Waals surface area contributed by atoms with E-state index in [1.165, 1.54) is 17.0 Å². The van der Waals surface area contributed by atoms with Crippen LogP contribution in [0, 0.1) is 5.82 Å². The van der Waals surface area contributed by atoms with E-state index in [2.05, 4.69) is 5.32 Å². The molecule has 3 rings (SSSR count). The van der Waals surface area contributed by atoms with Crippen LogP contribution in [-0.2, 0) is 16.1 Å². The van der Waals surface area contributed by atoms with Crippen molar-refractivity contribution >= 4 is 11.8 Å². The average molecular weight is 388 g/mol. The first-order chi connectivity index (χ1) is 13.6. The summed E-state index contributed by atoms with van der Waals surface area (Å²) in [7, 11) is 0. The number of nitrogens with zero attached hydrogens (tertiary/aromatic N) is 1. The zero-order valence-electron chi connectivity index (χ0n) is 15.1. The van der Waals surface area contributed by atoms with Crippen LogP contribution < -0.4 is 14.8 Å². The summed E-state index contributed by atoms with van der Waals surface area (Å²) < 4.78 is 24.1. The number of benzene rings is 2. The number of aliphatic hydroxyl groups excluding tert-OH is 1. The fourth-order valence-electron chi connectivity index (χ4n) is 2.76. The summed E-state index contributed by atoms with van der Waals surface area (Å²) in [6.45, 7) is -0.306. The molecular formula is C20H21FN2O5. The fraction of sp³-hybridized carbons (Fsp3) is 0.300. The van der Waals surface area contributed by atoms with Gasteiger partial charge in [-0.2, -0.15) is 0 Å². The van der Waals surface area contributed by atoms with Crippen molar-refractivity contribution in [2.45, 2.75) is 12.6 Å². The van der Waals surface area contributed by atoms with Crippen LogP contribution >= 0.6 is 0 Å². The minimum atomic E-state index is -0.897. The van der Waals surface area contributed by atoms with E-state index in [1.807, 2.05) is 0 Å². The summed E-state index contributed by atoms with van der Waals surface area (Å²) in [6, 6.07) is 12.7. The van der Waals surface area contributed by atoms with E-state index in [1.54, 1.807) is 36.4 Å². The second-order valence-electron chi connectivity index (χ2n) is 6.25. The van der Waals surface area contributed by atoms with Crippen LogP contribution in [-0.4, -0.2) is 54.2 Å². The minimum Gasteiger partial charge on any atom is -0.485 e. The first-order valence-electron chi connectivity index (χ1n) is 8.86. The third kappa shape index (κ3) is 4.98. The Morgan fingerprint density at radius 3 is 2.57 bits per heavy atom. The summed E-state index contributed by atoms with van der Waals surface area (Å²) >= 11 is 0. The molecule has 1 aliphatic rings. The highest BCUT2D eigenvalue weighted by molar-refractivity contribution is 5.87. The monoisotopic (exact) mass is 388 g/mol. The Bertz CT molecular complexity index is 828. The number of nitrogens with one attached hydrogen (secondary N) is 1. The molecule has 0 spiro atoms. The Morgan fingerprint density at radius 2 is 1.86 bits per heavy atom. The SMILES string of the molecule is O=C(CN(CCO)C(=O)C1COc2ccccc2O1)NCc1ccc(F)cc1. The van der Waals surface area contributed by atoms with Crippen LogP contribution in [0.25, 0.3) is 0 Å². The predicted molar refractivity (Wildman–Crippen MR) is 98.3 cm³/mol. The summed E-state index contributed by atoms with van der Waals surface area (Å²) in [6.07, 6.45) is -0.897. The van der Waals surface area contributed by atoms with E-state index >= 15 is 0 Å². The highest BCUT2D eigenvalue weighted by Crippen LogP contribution is 2.31. The maximum absolute atomic E-state index is 12.9. The number of ether oxygens (including phenoxy) is 2. The van der Waals surface area contributed by atoms with Gasteiger partial charge in [0.2, 0.25) is 12.0 Å². The molecule has 0 aliphatic carbocycles. The molecule has 1 aliphatic heterocycles. The normalized spacial score (nSPS) is 15.0. The number of carbonyl (C=O) groups is 2. The van der Waals surface area contributed by atoms with E-state index < -0.39 is 17.9 Å². The van der Waals surface area contributed by atoms with Gasteiger partial charge >= 0.3 is 0 Å². The first-order valence-corrected chi connectivity index (χ1v) is 8.86. The number of halogens is 1. The number of para-hydroxylation sites is 2. The molecule has 148 valence electrons. The molecule has 2 N–H and O–H groups in total. The van der Waals surface area contributed by atoms with Gasteiger partial charge in [-0.05, 0) is 29.8 Å². The molecule has 0 aromatic heterocycles. The summed E-state index contributed by atoms with van der Waals surface area (Å²) in [5.74, 6) is -0.191. The minimum absolute atomic E-state index is 0.00961. The molecule has 1 heterocycles. The van der Waals surface area contributed by atoms with Crippen LogP contribution in [0.2, 0.25) is 0 Å². The number of amides is 2. The lowest BCUT2D eigenvalue weighted by Crippen LogP contribution is -2.50. The second-order valence-corrected chi connectivity index (χ2v) is 6.25. The summed E-state index contributed by atoms with van der Waals surface area (Å²) in [5, 5.41) is 11.9. The number of carbonyl (C=O) groups excluding carboxylic acids is 2. The van der Waals surface area contributed by atoms with Crippen LogP contribution in [0.15, 0.2) is 48.5 Å². The van der Waals surface area contributed by atoms with Crippen molar-refractivity contribution in [3.05, 3.63) is 59.9 Å². The molecule has 1 atom stereocenters. The predicted octanol–water partition coefficient (Wildman–Crippen LogP) is 1.10. The van der Waals surface area contributed by atoms with Crippen LogP contribution in [0.1, 0.15) is 5.56 Å².